The molecule has 1 saturated carbocycles. The number of amides is 1. The summed E-state index contributed by atoms with van der Waals surface area (Å²) in [7, 11) is 0. The normalized spacial score (nSPS) is 22.2. The quantitative estimate of drug-likeness (QED) is 0.359. The molecule has 1 aliphatic heterocycles. The monoisotopic (exact) mass is 552 g/mol. The van der Waals surface area contributed by atoms with Crippen LogP contribution in [0, 0.1) is 0 Å². The van der Waals surface area contributed by atoms with E-state index in [9.17, 15) is 32.3 Å². The fourth-order valence-electron chi connectivity index (χ4n) is 5.84. The van der Waals surface area contributed by atoms with Crippen molar-refractivity contribution in [1.82, 2.24) is 20.0 Å². The molecule has 1 aliphatic carbocycles. The van der Waals surface area contributed by atoms with E-state index in [4.69, 9.17) is 0 Å². The number of nitrogens with one attached hydrogen (secondary N) is 1. The first-order valence-corrected chi connectivity index (χ1v) is 13.6. The van der Waals surface area contributed by atoms with Gasteiger partial charge in [0.15, 0.2) is 5.69 Å². The van der Waals surface area contributed by atoms with Crippen molar-refractivity contribution < 1.29 is 32.3 Å². The molecule has 2 heterocycles. The standard InChI is InChI=1S/C28H36F4N4O3/c1-3-18(35-15-22(29)23(30)16-35)12-17(13-26(37)38)33-27(39)24-14-25(36(34-24)19-8-4-5-9-19)20-10-6-7-11-21(20)28(2,31)32/h6-7,10-11,14,17-19,22-23H,3-5,8-9,12-13,15-16H2,1-2H3,(H,33,39)(H,37,38)/t17-,18?,22-,23-/m0/s1. The Kier molecular flexibility index (Phi) is 8.98. The van der Waals surface area contributed by atoms with Crippen LogP contribution in [0.1, 0.15) is 80.9 Å². The average molecular weight is 553 g/mol. The van der Waals surface area contributed by atoms with Crippen molar-refractivity contribution in [2.24, 2.45) is 0 Å². The lowest BCUT2D eigenvalue weighted by atomic mass is 9.99. The van der Waals surface area contributed by atoms with Crippen LogP contribution in [0.15, 0.2) is 30.3 Å². The molecule has 1 unspecified atom stereocenters. The van der Waals surface area contributed by atoms with Gasteiger partial charge in [-0.15, -0.1) is 0 Å². The van der Waals surface area contributed by atoms with Gasteiger partial charge in [0.05, 0.1) is 18.2 Å². The highest BCUT2D eigenvalue weighted by molar-refractivity contribution is 5.94. The van der Waals surface area contributed by atoms with Crippen molar-refractivity contribution in [1.29, 1.82) is 0 Å². The van der Waals surface area contributed by atoms with E-state index < -0.39 is 36.2 Å². The Morgan fingerprint density at radius 3 is 2.38 bits per heavy atom. The van der Waals surface area contributed by atoms with E-state index in [1.165, 1.54) is 18.2 Å². The minimum atomic E-state index is -3.11. The molecule has 214 valence electrons. The second-order valence-electron chi connectivity index (χ2n) is 10.8. The molecule has 4 atom stereocenters. The number of carboxylic acids is 1. The highest BCUT2D eigenvalue weighted by atomic mass is 19.3. The number of aromatic nitrogens is 2. The van der Waals surface area contributed by atoms with Crippen LogP contribution in [0.4, 0.5) is 17.6 Å². The average Bonchev–Trinajstić information content (AvgIpc) is 3.62. The first-order valence-electron chi connectivity index (χ1n) is 13.6. The number of nitrogens with zero attached hydrogens (tertiary/aromatic N) is 3. The van der Waals surface area contributed by atoms with Gasteiger partial charge in [-0.05, 0) is 31.7 Å². The number of likely N-dealkylation sites (tertiary alicyclic amines) is 1. The molecule has 4 rings (SSSR count). The fourth-order valence-corrected chi connectivity index (χ4v) is 5.84. The molecule has 11 heteroatoms. The minimum Gasteiger partial charge on any atom is -0.481 e. The maximum atomic E-state index is 14.5. The smallest absolute Gasteiger partial charge is 0.305 e. The first kappa shape index (κ1) is 29.0. The van der Waals surface area contributed by atoms with Gasteiger partial charge >= 0.3 is 5.97 Å². The van der Waals surface area contributed by atoms with E-state index in [0.29, 0.717) is 12.1 Å². The van der Waals surface area contributed by atoms with Crippen LogP contribution in [0.5, 0.6) is 0 Å². The summed E-state index contributed by atoms with van der Waals surface area (Å²) < 4.78 is 58.3. The van der Waals surface area contributed by atoms with Crippen LogP contribution in [-0.4, -0.2) is 69.2 Å². The highest BCUT2D eigenvalue weighted by Gasteiger charge is 2.37. The molecule has 1 saturated heterocycles. The molecule has 1 aromatic heterocycles. The number of alkyl halides is 4. The van der Waals surface area contributed by atoms with Crippen molar-refractivity contribution in [3.05, 3.63) is 41.6 Å². The van der Waals surface area contributed by atoms with E-state index in [-0.39, 0.29) is 54.8 Å². The number of carbonyl (C=O) groups is 2. The van der Waals surface area contributed by atoms with E-state index >= 15 is 0 Å². The molecule has 0 spiro atoms. The van der Waals surface area contributed by atoms with Gasteiger partial charge in [0.1, 0.15) is 12.3 Å². The molecule has 39 heavy (non-hydrogen) atoms. The number of benzene rings is 1. The molecule has 2 N–H and O–H groups in total. The second kappa shape index (κ2) is 12.1. The first-order chi connectivity index (χ1) is 18.5. The van der Waals surface area contributed by atoms with E-state index in [0.717, 1.165) is 32.6 Å². The molecule has 1 aromatic carbocycles. The Labute approximate surface area is 225 Å². The number of hydrogen-bond acceptors (Lipinski definition) is 4. The molecule has 2 fully saturated rings. The van der Waals surface area contributed by atoms with Crippen molar-refractivity contribution in [2.75, 3.05) is 13.1 Å². The number of carbonyl (C=O) groups excluding carboxylic acids is 1. The summed E-state index contributed by atoms with van der Waals surface area (Å²) in [5, 5.41) is 16.7. The summed E-state index contributed by atoms with van der Waals surface area (Å²) in [5.74, 6) is -4.86. The Hall–Kier alpha value is -2.95. The van der Waals surface area contributed by atoms with Gasteiger partial charge in [-0.1, -0.05) is 44.0 Å². The molecule has 7 nitrogen and oxygen atoms in total. The summed E-state index contributed by atoms with van der Waals surface area (Å²) in [5.41, 5.74) is 0.523. The summed E-state index contributed by atoms with van der Waals surface area (Å²) in [4.78, 5) is 26.6. The van der Waals surface area contributed by atoms with Gasteiger partial charge < -0.3 is 10.4 Å². The van der Waals surface area contributed by atoms with Crippen molar-refractivity contribution in [3.8, 4) is 11.3 Å². The summed E-state index contributed by atoms with van der Waals surface area (Å²) >= 11 is 0. The molecule has 2 aromatic rings. The summed E-state index contributed by atoms with van der Waals surface area (Å²) in [6, 6.07) is 6.44. The fraction of sp³-hybridized carbons (Fsp3) is 0.607. The number of carboxylic acid groups (broad SMARTS) is 1. The zero-order valence-corrected chi connectivity index (χ0v) is 22.3. The van der Waals surface area contributed by atoms with Gasteiger partial charge in [0, 0.05) is 43.2 Å². The highest BCUT2D eigenvalue weighted by Crippen LogP contribution is 2.39. The van der Waals surface area contributed by atoms with Crippen LogP contribution in [0.25, 0.3) is 11.3 Å². The number of hydrogen-bond donors (Lipinski definition) is 2. The third-order valence-corrected chi connectivity index (χ3v) is 7.83. The van der Waals surface area contributed by atoms with E-state index in [2.05, 4.69) is 10.4 Å². The van der Waals surface area contributed by atoms with E-state index in [1.54, 1.807) is 21.7 Å². The van der Waals surface area contributed by atoms with Gasteiger partial charge in [0.25, 0.3) is 11.8 Å². The van der Waals surface area contributed by atoms with E-state index in [1.807, 2.05) is 6.92 Å². The van der Waals surface area contributed by atoms with Crippen LogP contribution in [0.2, 0.25) is 0 Å². The maximum absolute atomic E-state index is 14.5. The SMILES string of the molecule is CCC(C[C@@H](CC(=O)O)NC(=O)c1cc(-c2ccccc2C(C)(F)F)n(C2CCCC2)n1)N1C[C@H](F)[C@@H](F)C1. The predicted molar refractivity (Wildman–Crippen MR) is 138 cm³/mol. The third kappa shape index (κ3) is 6.80. The van der Waals surface area contributed by atoms with Gasteiger partial charge in [-0.25, -0.2) is 17.6 Å². The zero-order valence-electron chi connectivity index (χ0n) is 22.3. The Bertz CT molecular complexity index is 1150. The Balaban J connectivity index is 1.61. The third-order valence-electron chi connectivity index (χ3n) is 7.83. The zero-order chi connectivity index (χ0) is 28.3. The summed E-state index contributed by atoms with van der Waals surface area (Å²) in [6.07, 6.45) is 0.685. The molecule has 1 amide bonds. The molecular weight excluding hydrogens is 516 g/mol. The summed E-state index contributed by atoms with van der Waals surface area (Å²) in [6.45, 7) is 2.51. The minimum absolute atomic E-state index is 0.00313. The molecular formula is C28H36F4N4O3. The van der Waals surface area contributed by atoms with Crippen LogP contribution in [-0.2, 0) is 10.7 Å². The van der Waals surface area contributed by atoms with Gasteiger partial charge in [0.2, 0.25) is 0 Å². The maximum Gasteiger partial charge on any atom is 0.305 e. The van der Waals surface area contributed by atoms with Crippen LogP contribution in [0.3, 0.4) is 0 Å². The lowest BCUT2D eigenvalue weighted by Gasteiger charge is -2.29. The number of halogens is 4. The number of aliphatic carboxylic acids is 1. The topological polar surface area (TPSA) is 87.5 Å². The van der Waals surface area contributed by atoms with Crippen LogP contribution < -0.4 is 5.32 Å². The Morgan fingerprint density at radius 2 is 1.79 bits per heavy atom. The Morgan fingerprint density at radius 1 is 1.15 bits per heavy atom. The van der Waals surface area contributed by atoms with Gasteiger partial charge in [-0.2, -0.15) is 5.10 Å². The van der Waals surface area contributed by atoms with Gasteiger partial charge in [-0.3, -0.25) is 19.2 Å². The van der Waals surface area contributed by atoms with Crippen LogP contribution >= 0.6 is 0 Å². The molecule has 2 aliphatic rings. The lowest BCUT2D eigenvalue weighted by Crippen LogP contribution is -2.43. The lowest BCUT2D eigenvalue weighted by molar-refractivity contribution is -0.137. The number of rotatable bonds is 11. The second-order valence-corrected chi connectivity index (χ2v) is 10.8. The van der Waals surface area contributed by atoms with Crippen molar-refractivity contribution >= 4 is 11.9 Å². The molecule has 0 radical (unpaired) electrons. The molecule has 0 bridgehead atoms. The van der Waals surface area contributed by atoms with Crippen molar-refractivity contribution in [3.63, 3.8) is 0 Å². The largest absolute Gasteiger partial charge is 0.481 e. The predicted octanol–water partition coefficient (Wildman–Crippen LogP) is 5.51. The van der Waals surface area contributed by atoms with Crippen molar-refractivity contribution in [2.45, 2.75) is 95.2 Å².